The molecule has 0 radical (unpaired) electrons. The van der Waals surface area contributed by atoms with E-state index in [1.165, 1.54) is 27.8 Å². The van der Waals surface area contributed by atoms with E-state index in [1.54, 1.807) is 0 Å². The lowest BCUT2D eigenvalue weighted by Crippen LogP contribution is -2.36. The summed E-state index contributed by atoms with van der Waals surface area (Å²) in [6, 6.07) is 12.9. The Morgan fingerprint density at radius 2 is 1.84 bits per heavy atom. The molecule has 0 aliphatic carbocycles. The Bertz CT molecular complexity index is 880. The first-order chi connectivity index (χ1) is 12.4. The number of anilines is 2. The first-order valence-electron chi connectivity index (χ1n) is 9.01. The van der Waals surface area contributed by atoms with Crippen molar-refractivity contribution in [2.24, 2.45) is 0 Å². The zero-order valence-corrected chi connectivity index (χ0v) is 14.2. The van der Waals surface area contributed by atoms with Gasteiger partial charge >= 0.3 is 0 Å². The second-order valence-corrected chi connectivity index (χ2v) is 6.77. The smallest absolute Gasteiger partial charge is 0.128 e. The molecule has 2 aromatic heterocycles. The summed E-state index contributed by atoms with van der Waals surface area (Å²) in [6.07, 6.45) is 3.09. The molecule has 4 heterocycles. The van der Waals surface area contributed by atoms with Gasteiger partial charge in [-0.2, -0.15) is 0 Å². The number of aromatic nitrogens is 2. The number of aromatic amines is 1. The van der Waals surface area contributed by atoms with Gasteiger partial charge in [-0.05, 0) is 30.2 Å². The standard InChI is InChI=1S/C20H22N4O/c1-2-4-18-16(3-1)17-7-8-24(14-19(17)22-18)15-5-6-20(21-13-15)23-9-11-25-12-10-23/h1-6,13,22H,7-12,14H2. The third-order valence-corrected chi connectivity index (χ3v) is 5.32. The zero-order valence-electron chi connectivity index (χ0n) is 14.2. The van der Waals surface area contributed by atoms with Crippen molar-refractivity contribution in [1.82, 2.24) is 9.97 Å². The predicted molar refractivity (Wildman–Crippen MR) is 100 cm³/mol. The fourth-order valence-corrected chi connectivity index (χ4v) is 3.96. The van der Waals surface area contributed by atoms with Crippen LogP contribution in [0.2, 0.25) is 0 Å². The van der Waals surface area contributed by atoms with Crippen molar-refractivity contribution >= 4 is 22.4 Å². The quantitative estimate of drug-likeness (QED) is 0.782. The van der Waals surface area contributed by atoms with Crippen molar-refractivity contribution in [3.05, 3.63) is 53.9 Å². The van der Waals surface area contributed by atoms with Crippen LogP contribution in [0.25, 0.3) is 10.9 Å². The van der Waals surface area contributed by atoms with Gasteiger partial charge in [0.25, 0.3) is 0 Å². The van der Waals surface area contributed by atoms with Gasteiger partial charge in [0.1, 0.15) is 5.82 Å². The number of pyridine rings is 1. The molecule has 5 nitrogen and oxygen atoms in total. The monoisotopic (exact) mass is 334 g/mol. The zero-order chi connectivity index (χ0) is 16.6. The number of nitrogens with one attached hydrogen (secondary N) is 1. The molecule has 0 spiro atoms. The summed E-state index contributed by atoms with van der Waals surface area (Å²) >= 11 is 0. The van der Waals surface area contributed by atoms with Crippen molar-refractivity contribution in [3.8, 4) is 0 Å². The van der Waals surface area contributed by atoms with Crippen LogP contribution in [-0.4, -0.2) is 42.8 Å². The highest BCUT2D eigenvalue weighted by Gasteiger charge is 2.21. The summed E-state index contributed by atoms with van der Waals surface area (Å²) in [6.45, 7) is 5.39. The van der Waals surface area contributed by atoms with Crippen LogP contribution in [0.15, 0.2) is 42.6 Å². The fourth-order valence-electron chi connectivity index (χ4n) is 3.96. The molecular formula is C20H22N4O. The molecule has 0 atom stereocenters. The summed E-state index contributed by atoms with van der Waals surface area (Å²) in [5.74, 6) is 1.05. The Balaban J connectivity index is 1.37. The van der Waals surface area contributed by atoms with Gasteiger partial charge in [0.2, 0.25) is 0 Å². The van der Waals surface area contributed by atoms with E-state index in [0.29, 0.717) is 0 Å². The van der Waals surface area contributed by atoms with Gasteiger partial charge in [-0.15, -0.1) is 0 Å². The van der Waals surface area contributed by atoms with Crippen molar-refractivity contribution < 1.29 is 4.74 Å². The maximum absolute atomic E-state index is 5.42. The second-order valence-electron chi connectivity index (χ2n) is 6.77. The Hall–Kier alpha value is -2.53. The Labute approximate surface area is 147 Å². The third kappa shape index (κ3) is 2.65. The van der Waals surface area contributed by atoms with E-state index in [-0.39, 0.29) is 0 Å². The maximum Gasteiger partial charge on any atom is 0.128 e. The molecule has 1 saturated heterocycles. The predicted octanol–water partition coefficient (Wildman–Crippen LogP) is 2.96. The van der Waals surface area contributed by atoms with Gasteiger partial charge in [-0.25, -0.2) is 4.98 Å². The topological polar surface area (TPSA) is 44.4 Å². The van der Waals surface area contributed by atoms with Gasteiger partial charge < -0.3 is 19.5 Å². The highest BCUT2D eigenvalue weighted by Crippen LogP contribution is 2.30. The van der Waals surface area contributed by atoms with Crippen molar-refractivity contribution in [2.45, 2.75) is 13.0 Å². The normalized spacial score (nSPS) is 17.8. The van der Waals surface area contributed by atoms with Gasteiger partial charge in [0, 0.05) is 36.2 Å². The van der Waals surface area contributed by atoms with Crippen LogP contribution in [0.1, 0.15) is 11.3 Å². The van der Waals surface area contributed by atoms with Crippen molar-refractivity contribution in [2.75, 3.05) is 42.6 Å². The fraction of sp³-hybridized carbons (Fsp3) is 0.350. The average molecular weight is 334 g/mol. The highest BCUT2D eigenvalue weighted by molar-refractivity contribution is 5.85. The molecule has 1 aromatic carbocycles. The van der Waals surface area contributed by atoms with Crippen LogP contribution in [0, 0.1) is 0 Å². The van der Waals surface area contributed by atoms with E-state index in [2.05, 4.69) is 51.2 Å². The van der Waals surface area contributed by atoms with Crippen LogP contribution < -0.4 is 9.80 Å². The lowest BCUT2D eigenvalue weighted by atomic mass is 10.0. The molecular weight excluding hydrogens is 312 g/mol. The number of hydrogen-bond donors (Lipinski definition) is 1. The number of benzene rings is 1. The SMILES string of the molecule is c1ccc2c3c([nH]c2c1)CN(c1ccc(N2CCOCC2)nc1)CC3. The minimum Gasteiger partial charge on any atom is -0.378 e. The van der Waals surface area contributed by atoms with E-state index in [1.807, 2.05) is 6.20 Å². The number of ether oxygens (including phenoxy) is 1. The highest BCUT2D eigenvalue weighted by atomic mass is 16.5. The second kappa shape index (κ2) is 6.08. The lowest BCUT2D eigenvalue weighted by Gasteiger charge is -2.30. The van der Waals surface area contributed by atoms with E-state index < -0.39 is 0 Å². The molecule has 0 unspecified atom stereocenters. The molecule has 25 heavy (non-hydrogen) atoms. The number of nitrogens with zero attached hydrogens (tertiary/aromatic N) is 3. The molecule has 5 heteroatoms. The molecule has 3 aromatic rings. The van der Waals surface area contributed by atoms with Crippen LogP contribution in [0.4, 0.5) is 11.5 Å². The molecule has 2 aliphatic rings. The summed E-state index contributed by atoms with van der Waals surface area (Å²) in [5, 5.41) is 1.37. The number of hydrogen-bond acceptors (Lipinski definition) is 4. The molecule has 5 rings (SSSR count). The van der Waals surface area contributed by atoms with Crippen LogP contribution in [0.3, 0.4) is 0 Å². The summed E-state index contributed by atoms with van der Waals surface area (Å²) in [4.78, 5) is 13.0. The van der Waals surface area contributed by atoms with Gasteiger partial charge in [0.05, 0.1) is 31.6 Å². The molecule has 0 amide bonds. The number of fused-ring (bicyclic) bond motifs is 3. The molecule has 1 fully saturated rings. The van der Waals surface area contributed by atoms with E-state index in [9.17, 15) is 0 Å². The number of para-hydroxylation sites is 1. The Kier molecular flexibility index (Phi) is 3.59. The van der Waals surface area contributed by atoms with Crippen LogP contribution >= 0.6 is 0 Å². The molecule has 0 bridgehead atoms. The van der Waals surface area contributed by atoms with Gasteiger partial charge in [-0.3, -0.25) is 0 Å². The largest absolute Gasteiger partial charge is 0.378 e. The average Bonchev–Trinajstić information content (AvgIpc) is 3.06. The van der Waals surface area contributed by atoms with Crippen LogP contribution in [0.5, 0.6) is 0 Å². The number of morpholine rings is 1. The Morgan fingerprint density at radius 1 is 0.960 bits per heavy atom. The minimum atomic E-state index is 0.790. The Morgan fingerprint density at radius 3 is 2.68 bits per heavy atom. The molecule has 128 valence electrons. The van der Waals surface area contributed by atoms with Crippen molar-refractivity contribution in [3.63, 3.8) is 0 Å². The van der Waals surface area contributed by atoms with Crippen molar-refractivity contribution in [1.29, 1.82) is 0 Å². The first-order valence-corrected chi connectivity index (χ1v) is 9.01. The summed E-state index contributed by atoms with van der Waals surface area (Å²) < 4.78 is 5.42. The number of H-pyrrole nitrogens is 1. The summed E-state index contributed by atoms with van der Waals surface area (Å²) in [7, 11) is 0. The van der Waals surface area contributed by atoms with E-state index in [4.69, 9.17) is 9.72 Å². The van der Waals surface area contributed by atoms with Gasteiger partial charge in [-0.1, -0.05) is 18.2 Å². The molecule has 0 saturated carbocycles. The lowest BCUT2D eigenvalue weighted by molar-refractivity contribution is 0.122. The minimum absolute atomic E-state index is 0.790. The third-order valence-electron chi connectivity index (χ3n) is 5.32. The van der Waals surface area contributed by atoms with E-state index in [0.717, 1.165) is 51.6 Å². The van der Waals surface area contributed by atoms with E-state index >= 15 is 0 Å². The van der Waals surface area contributed by atoms with Crippen LogP contribution in [-0.2, 0) is 17.7 Å². The molecule has 1 N–H and O–H groups in total. The maximum atomic E-state index is 5.42. The molecule has 2 aliphatic heterocycles. The first kappa shape index (κ1) is 14.8. The number of rotatable bonds is 2. The summed E-state index contributed by atoms with van der Waals surface area (Å²) in [5.41, 5.74) is 5.26. The van der Waals surface area contributed by atoms with Gasteiger partial charge in [0.15, 0.2) is 0 Å².